The summed E-state index contributed by atoms with van der Waals surface area (Å²) in [6, 6.07) is 0.249. The lowest BCUT2D eigenvalue weighted by Crippen LogP contribution is -2.43. The normalized spacial score (nSPS) is 18.9. The Morgan fingerprint density at radius 2 is 2.14 bits per heavy atom. The average Bonchev–Trinajstić information content (AvgIpc) is 2.99. The van der Waals surface area contributed by atoms with Gasteiger partial charge in [-0.1, -0.05) is 13.8 Å². The lowest BCUT2D eigenvalue weighted by Gasteiger charge is -2.25. The minimum atomic E-state index is 0.245. The zero-order valence-corrected chi connectivity index (χ0v) is 9.50. The molecule has 0 aliphatic heterocycles. The van der Waals surface area contributed by atoms with Crippen LogP contribution in [0.2, 0.25) is 0 Å². The van der Waals surface area contributed by atoms with Crippen molar-refractivity contribution in [1.82, 2.24) is 10.2 Å². The molecule has 1 saturated carbocycles. The third-order valence-corrected chi connectivity index (χ3v) is 2.85. The molecule has 1 fully saturated rings. The van der Waals surface area contributed by atoms with Crippen LogP contribution in [0.4, 0.5) is 0 Å². The van der Waals surface area contributed by atoms with Crippen LogP contribution in [0.25, 0.3) is 0 Å². The molecule has 2 N–H and O–H groups in total. The van der Waals surface area contributed by atoms with Crippen LogP contribution in [0.5, 0.6) is 0 Å². The summed E-state index contributed by atoms with van der Waals surface area (Å²) in [5.74, 6) is 0.941. The van der Waals surface area contributed by atoms with Crippen LogP contribution in [0.1, 0.15) is 26.7 Å². The molecule has 84 valence electrons. The van der Waals surface area contributed by atoms with Gasteiger partial charge in [0.05, 0.1) is 6.61 Å². The molecule has 1 rings (SSSR count). The first-order valence-corrected chi connectivity index (χ1v) is 5.86. The summed E-state index contributed by atoms with van der Waals surface area (Å²) in [5, 5.41) is 12.5. The molecule has 0 bridgehead atoms. The summed E-state index contributed by atoms with van der Waals surface area (Å²) in [6.07, 6.45) is 2.81. The van der Waals surface area contributed by atoms with Gasteiger partial charge in [0.2, 0.25) is 0 Å². The van der Waals surface area contributed by atoms with E-state index in [-0.39, 0.29) is 12.6 Å². The number of aliphatic hydroxyl groups is 1. The van der Waals surface area contributed by atoms with E-state index < -0.39 is 0 Å². The second-order valence-corrected chi connectivity index (χ2v) is 4.23. The Kier molecular flexibility index (Phi) is 5.45. The van der Waals surface area contributed by atoms with E-state index in [4.69, 9.17) is 5.11 Å². The minimum absolute atomic E-state index is 0.245. The quantitative estimate of drug-likeness (QED) is 0.605. The maximum Gasteiger partial charge on any atom is 0.0597 e. The molecule has 3 heteroatoms. The van der Waals surface area contributed by atoms with Gasteiger partial charge in [-0.25, -0.2) is 0 Å². The standard InChI is InChI=1S/C11H24N2O/c1-3-12-11(9-14)8-13(4-2)7-10-5-6-10/h10-12,14H,3-9H2,1-2H3. The monoisotopic (exact) mass is 200 g/mol. The first kappa shape index (κ1) is 12.0. The molecular weight excluding hydrogens is 176 g/mol. The number of rotatable bonds is 8. The van der Waals surface area contributed by atoms with Crippen LogP contribution in [0, 0.1) is 5.92 Å². The summed E-state index contributed by atoms with van der Waals surface area (Å²) in [7, 11) is 0. The molecule has 0 aromatic heterocycles. The lowest BCUT2D eigenvalue weighted by molar-refractivity contribution is 0.183. The summed E-state index contributed by atoms with van der Waals surface area (Å²) in [5.41, 5.74) is 0. The minimum Gasteiger partial charge on any atom is -0.395 e. The maximum absolute atomic E-state index is 9.16. The van der Waals surface area contributed by atoms with Gasteiger partial charge in [-0.15, -0.1) is 0 Å². The van der Waals surface area contributed by atoms with E-state index in [1.807, 2.05) is 0 Å². The third-order valence-electron chi connectivity index (χ3n) is 2.85. The molecular formula is C11H24N2O. The molecule has 0 spiro atoms. The fourth-order valence-corrected chi connectivity index (χ4v) is 1.79. The van der Waals surface area contributed by atoms with Crippen LogP contribution in [-0.4, -0.2) is 48.8 Å². The Bertz CT molecular complexity index is 148. The van der Waals surface area contributed by atoms with E-state index in [0.717, 1.165) is 25.6 Å². The van der Waals surface area contributed by atoms with Crippen LogP contribution in [0.3, 0.4) is 0 Å². The number of hydrogen-bond donors (Lipinski definition) is 2. The zero-order valence-electron chi connectivity index (χ0n) is 9.50. The third kappa shape index (κ3) is 4.40. The highest BCUT2D eigenvalue weighted by Gasteiger charge is 2.24. The number of nitrogens with zero attached hydrogens (tertiary/aromatic N) is 1. The molecule has 1 aliphatic carbocycles. The molecule has 1 aliphatic rings. The molecule has 3 nitrogen and oxygen atoms in total. The van der Waals surface area contributed by atoms with Crippen LogP contribution < -0.4 is 5.32 Å². The first-order valence-electron chi connectivity index (χ1n) is 5.86. The largest absolute Gasteiger partial charge is 0.395 e. The van der Waals surface area contributed by atoms with Crippen molar-refractivity contribution in [2.45, 2.75) is 32.7 Å². The van der Waals surface area contributed by atoms with Crippen molar-refractivity contribution in [1.29, 1.82) is 0 Å². The average molecular weight is 200 g/mol. The van der Waals surface area contributed by atoms with Crippen molar-refractivity contribution in [3.05, 3.63) is 0 Å². The van der Waals surface area contributed by atoms with E-state index in [2.05, 4.69) is 24.1 Å². The smallest absolute Gasteiger partial charge is 0.0597 e. The number of aliphatic hydroxyl groups excluding tert-OH is 1. The Hall–Kier alpha value is -0.120. The summed E-state index contributed by atoms with van der Waals surface area (Å²) in [4.78, 5) is 2.45. The van der Waals surface area contributed by atoms with Gasteiger partial charge in [-0.3, -0.25) is 0 Å². The van der Waals surface area contributed by atoms with Crippen molar-refractivity contribution >= 4 is 0 Å². The summed E-state index contributed by atoms with van der Waals surface area (Å²) in [6.45, 7) is 8.76. The van der Waals surface area contributed by atoms with Crippen molar-refractivity contribution in [3.63, 3.8) is 0 Å². The van der Waals surface area contributed by atoms with Gasteiger partial charge in [0.1, 0.15) is 0 Å². The predicted molar refractivity (Wildman–Crippen MR) is 59.4 cm³/mol. The fourth-order valence-electron chi connectivity index (χ4n) is 1.79. The van der Waals surface area contributed by atoms with E-state index in [0.29, 0.717) is 0 Å². The van der Waals surface area contributed by atoms with Gasteiger partial charge in [0.25, 0.3) is 0 Å². The second-order valence-electron chi connectivity index (χ2n) is 4.23. The molecule has 1 atom stereocenters. The molecule has 0 heterocycles. The van der Waals surface area contributed by atoms with Crippen molar-refractivity contribution in [2.24, 2.45) is 5.92 Å². The summed E-state index contributed by atoms with van der Waals surface area (Å²) < 4.78 is 0. The Morgan fingerprint density at radius 3 is 2.57 bits per heavy atom. The number of likely N-dealkylation sites (N-methyl/N-ethyl adjacent to an activating group) is 2. The SMILES string of the molecule is CCNC(CO)CN(CC)CC1CC1. The van der Waals surface area contributed by atoms with Gasteiger partial charge in [-0.05, 0) is 31.8 Å². The first-order chi connectivity index (χ1) is 6.80. The number of nitrogens with one attached hydrogen (secondary N) is 1. The predicted octanol–water partition coefficient (Wildman–Crippen LogP) is 0.689. The molecule has 0 radical (unpaired) electrons. The highest BCUT2D eigenvalue weighted by atomic mass is 16.3. The molecule has 1 unspecified atom stereocenters. The molecule has 0 aromatic rings. The van der Waals surface area contributed by atoms with Crippen molar-refractivity contribution in [3.8, 4) is 0 Å². The van der Waals surface area contributed by atoms with Crippen molar-refractivity contribution in [2.75, 3.05) is 32.8 Å². The molecule has 0 aromatic carbocycles. The maximum atomic E-state index is 9.16. The lowest BCUT2D eigenvalue weighted by atomic mass is 10.2. The second kappa shape index (κ2) is 6.38. The van der Waals surface area contributed by atoms with Gasteiger partial charge >= 0.3 is 0 Å². The Morgan fingerprint density at radius 1 is 1.43 bits per heavy atom. The molecule has 0 amide bonds. The fraction of sp³-hybridized carbons (Fsp3) is 1.00. The van der Waals surface area contributed by atoms with Crippen LogP contribution in [0.15, 0.2) is 0 Å². The number of hydrogen-bond acceptors (Lipinski definition) is 3. The van der Waals surface area contributed by atoms with Gasteiger partial charge in [0.15, 0.2) is 0 Å². The van der Waals surface area contributed by atoms with Gasteiger partial charge in [0, 0.05) is 19.1 Å². The van der Waals surface area contributed by atoms with Gasteiger partial charge in [-0.2, -0.15) is 0 Å². The van der Waals surface area contributed by atoms with Crippen LogP contribution >= 0.6 is 0 Å². The molecule has 0 saturated heterocycles. The Labute approximate surface area is 87.5 Å². The van der Waals surface area contributed by atoms with Gasteiger partial charge < -0.3 is 15.3 Å². The molecule has 14 heavy (non-hydrogen) atoms. The zero-order chi connectivity index (χ0) is 10.4. The van der Waals surface area contributed by atoms with E-state index in [1.165, 1.54) is 19.4 Å². The summed E-state index contributed by atoms with van der Waals surface area (Å²) >= 11 is 0. The van der Waals surface area contributed by atoms with Crippen molar-refractivity contribution < 1.29 is 5.11 Å². The van der Waals surface area contributed by atoms with E-state index in [9.17, 15) is 0 Å². The Balaban J connectivity index is 2.20. The topological polar surface area (TPSA) is 35.5 Å². The van der Waals surface area contributed by atoms with E-state index >= 15 is 0 Å². The van der Waals surface area contributed by atoms with E-state index in [1.54, 1.807) is 0 Å². The highest BCUT2D eigenvalue weighted by Crippen LogP contribution is 2.29. The highest BCUT2D eigenvalue weighted by molar-refractivity contribution is 4.79. The van der Waals surface area contributed by atoms with Crippen LogP contribution in [-0.2, 0) is 0 Å².